The largest absolute Gasteiger partial charge is 0.399 e. The number of aliphatic hydroxyl groups is 3. The van der Waals surface area contributed by atoms with Gasteiger partial charge >= 0.3 is 0 Å². The number of benzene rings is 1. The molecule has 0 heterocycles. The molecule has 1 aromatic carbocycles. The molecule has 4 nitrogen and oxygen atoms in total. The van der Waals surface area contributed by atoms with E-state index < -0.39 is 17.6 Å². The molecule has 0 amide bonds. The second kappa shape index (κ2) is 3.20. The van der Waals surface area contributed by atoms with Crippen molar-refractivity contribution in [1.29, 1.82) is 0 Å². The van der Waals surface area contributed by atoms with Crippen LogP contribution in [0.25, 0.3) is 0 Å². The van der Waals surface area contributed by atoms with Gasteiger partial charge in [-0.1, -0.05) is 12.1 Å². The highest BCUT2D eigenvalue weighted by molar-refractivity contribution is 5.51. The SMILES string of the molecule is Cc1ccc([C@@H]2C(CO)C2(O)O)cc1N. The van der Waals surface area contributed by atoms with Gasteiger partial charge in [0.2, 0.25) is 0 Å². The predicted molar refractivity (Wildman–Crippen MR) is 56.1 cm³/mol. The van der Waals surface area contributed by atoms with Crippen molar-refractivity contribution >= 4 is 5.69 Å². The van der Waals surface area contributed by atoms with Crippen molar-refractivity contribution in [1.82, 2.24) is 0 Å². The van der Waals surface area contributed by atoms with Crippen molar-refractivity contribution in [2.45, 2.75) is 18.6 Å². The molecule has 4 heteroatoms. The first-order valence-corrected chi connectivity index (χ1v) is 4.90. The Kier molecular flexibility index (Phi) is 2.22. The Balaban J connectivity index is 2.29. The van der Waals surface area contributed by atoms with Gasteiger partial charge in [-0.2, -0.15) is 0 Å². The maximum absolute atomic E-state index is 9.52. The molecule has 0 aromatic heterocycles. The van der Waals surface area contributed by atoms with Crippen LogP contribution in [-0.2, 0) is 0 Å². The van der Waals surface area contributed by atoms with Gasteiger partial charge in [0.05, 0.1) is 6.61 Å². The van der Waals surface area contributed by atoms with Crippen LogP contribution in [0.4, 0.5) is 5.69 Å². The van der Waals surface area contributed by atoms with Crippen LogP contribution < -0.4 is 5.73 Å². The molecule has 2 rings (SSSR count). The quantitative estimate of drug-likeness (QED) is 0.407. The maximum Gasteiger partial charge on any atom is 0.175 e. The summed E-state index contributed by atoms with van der Waals surface area (Å²) in [4.78, 5) is 0. The number of hydrogen-bond acceptors (Lipinski definition) is 4. The summed E-state index contributed by atoms with van der Waals surface area (Å²) in [6.07, 6.45) is 0. The Morgan fingerprint density at radius 3 is 2.53 bits per heavy atom. The van der Waals surface area contributed by atoms with Gasteiger partial charge in [-0.05, 0) is 24.1 Å². The molecule has 1 aliphatic carbocycles. The highest BCUT2D eigenvalue weighted by atomic mass is 16.5. The van der Waals surface area contributed by atoms with Gasteiger partial charge in [-0.15, -0.1) is 0 Å². The molecule has 0 bridgehead atoms. The Hall–Kier alpha value is -1.10. The molecule has 2 atom stereocenters. The molecule has 82 valence electrons. The van der Waals surface area contributed by atoms with Gasteiger partial charge in [0, 0.05) is 17.5 Å². The number of rotatable bonds is 2. The molecule has 5 N–H and O–H groups in total. The highest BCUT2D eigenvalue weighted by Gasteiger charge is 2.63. The minimum atomic E-state index is -1.78. The molecular weight excluding hydrogens is 194 g/mol. The van der Waals surface area contributed by atoms with Crippen LogP contribution in [0.1, 0.15) is 17.0 Å². The summed E-state index contributed by atoms with van der Waals surface area (Å²) in [6.45, 7) is 1.66. The zero-order chi connectivity index (χ0) is 11.2. The molecule has 1 aromatic rings. The van der Waals surface area contributed by atoms with Crippen molar-refractivity contribution in [2.75, 3.05) is 12.3 Å². The lowest BCUT2D eigenvalue weighted by atomic mass is 10.1. The standard InChI is InChI=1S/C11H15NO3/c1-6-2-3-7(4-9(6)12)10-8(5-13)11(10,14)15/h2-4,8,10,13-15H,5,12H2,1H3/t8?,10-/m1/s1. The number of nitrogens with two attached hydrogens (primary N) is 1. The summed E-state index contributed by atoms with van der Waals surface area (Å²) >= 11 is 0. The summed E-state index contributed by atoms with van der Waals surface area (Å²) in [7, 11) is 0. The number of hydrogen-bond donors (Lipinski definition) is 4. The lowest BCUT2D eigenvalue weighted by molar-refractivity contribution is -0.0910. The molecule has 1 unspecified atom stereocenters. The summed E-state index contributed by atoms with van der Waals surface area (Å²) in [5.74, 6) is -2.71. The van der Waals surface area contributed by atoms with Gasteiger partial charge in [0.25, 0.3) is 0 Å². The third-order valence-corrected chi connectivity index (χ3v) is 3.16. The Labute approximate surface area is 88.0 Å². The van der Waals surface area contributed by atoms with Crippen molar-refractivity contribution in [3.05, 3.63) is 29.3 Å². The monoisotopic (exact) mass is 209 g/mol. The van der Waals surface area contributed by atoms with Gasteiger partial charge < -0.3 is 21.1 Å². The fourth-order valence-corrected chi connectivity index (χ4v) is 2.00. The first kappa shape index (κ1) is 10.4. The number of aliphatic hydroxyl groups excluding tert-OH is 1. The maximum atomic E-state index is 9.52. The zero-order valence-electron chi connectivity index (χ0n) is 8.51. The zero-order valence-corrected chi connectivity index (χ0v) is 8.51. The summed E-state index contributed by atoms with van der Waals surface area (Å²) in [5.41, 5.74) is 8.09. The Morgan fingerprint density at radius 1 is 1.40 bits per heavy atom. The molecule has 1 fully saturated rings. The average Bonchev–Trinajstić information content (AvgIpc) is 2.73. The van der Waals surface area contributed by atoms with E-state index >= 15 is 0 Å². The van der Waals surface area contributed by atoms with Gasteiger partial charge in [0.15, 0.2) is 5.79 Å². The first-order chi connectivity index (χ1) is 6.98. The average molecular weight is 209 g/mol. The van der Waals surface area contributed by atoms with Crippen molar-refractivity contribution < 1.29 is 15.3 Å². The van der Waals surface area contributed by atoms with Crippen LogP contribution in [0.5, 0.6) is 0 Å². The van der Waals surface area contributed by atoms with Crippen LogP contribution >= 0.6 is 0 Å². The second-order valence-electron chi connectivity index (χ2n) is 4.17. The van der Waals surface area contributed by atoms with E-state index in [-0.39, 0.29) is 6.61 Å². The fourth-order valence-electron chi connectivity index (χ4n) is 2.00. The highest BCUT2D eigenvalue weighted by Crippen LogP contribution is 2.55. The molecule has 0 aliphatic heterocycles. The molecule has 15 heavy (non-hydrogen) atoms. The van der Waals surface area contributed by atoms with Crippen LogP contribution in [0.15, 0.2) is 18.2 Å². The number of nitrogen functional groups attached to an aromatic ring is 1. The molecule has 0 saturated heterocycles. The summed E-state index contributed by atoms with van der Waals surface area (Å²) in [5, 5.41) is 28.0. The Bertz CT molecular complexity index is 389. The van der Waals surface area contributed by atoms with E-state index in [4.69, 9.17) is 10.8 Å². The number of aryl methyl sites for hydroxylation is 1. The molecule has 1 saturated carbocycles. The van der Waals surface area contributed by atoms with E-state index in [1.807, 2.05) is 19.1 Å². The Morgan fingerprint density at radius 2 is 2.07 bits per heavy atom. The van der Waals surface area contributed by atoms with Gasteiger partial charge in [0.1, 0.15) is 0 Å². The second-order valence-corrected chi connectivity index (χ2v) is 4.17. The smallest absolute Gasteiger partial charge is 0.175 e. The van der Waals surface area contributed by atoms with E-state index in [0.717, 1.165) is 11.1 Å². The normalized spacial score (nSPS) is 27.7. The predicted octanol–water partition coefficient (Wildman–Crippen LogP) is -0.0362. The van der Waals surface area contributed by atoms with E-state index in [1.54, 1.807) is 6.07 Å². The van der Waals surface area contributed by atoms with Crippen LogP contribution in [0.2, 0.25) is 0 Å². The van der Waals surface area contributed by atoms with Crippen molar-refractivity contribution in [3.8, 4) is 0 Å². The third kappa shape index (κ3) is 1.51. The van der Waals surface area contributed by atoms with Gasteiger partial charge in [-0.3, -0.25) is 0 Å². The summed E-state index contributed by atoms with van der Waals surface area (Å²) < 4.78 is 0. The van der Waals surface area contributed by atoms with Crippen LogP contribution in [0.3, 0.4) is 0 Å². The topological polar surface area (TPSA) is 86.7 Å². The third-order valence-electron chi connectivity index (χ3n) is 3.16. The van der Waals surface area contributed by atoms with Crippen molar-refractivity contribution in [3.63, 3.8) is 0 Å². The summed E-state index contributed by atoms with van der Waals surface area (Å²) in [6, 6.07) is 5.39. The van der Waals surface area contributed by atoms with Crippen LogP contribution in [-0.4, -0.2) is 27.7 Å². The van der Waals surface area contributed by atoms with E-state index in [1.165, 1.54) is 0 Å². The minimum absolute atomic E-state index is 0.231. The van der Waals surface area contributed by atoms with E-state index in [9.17, 15) is 10.2 Å². The molecule has 1 aliphatic rings. The minimum Gasteiger partial charge on any atom is -0.399 e. The lowest BCUT2D eigenvalue weighted by Gasteiger charge is -2.05. The lowest BCUT2D eigenvalue weighted by Crippen LogP contribution is -2.11. The van der Waals surface area contributed by atoms with E-state index in [0.29, 0.717) is 5.69 Å². The molecule has 0 spiro atoms. The van der Waals surface area contributed by atoms with E-state index in [2.05, 4.69) is 0 Å². The first-order valence-electron chi connectivity index (χ1n) is 4.90. The van der Waals surface area contributed by atoms with Crippen molar-refractivity contribution in [2.24, 2.45) is 5.92 Å². The molecular formula is C11H15NO3. The van der Waals surface area contributed by atoms with Gasteiger partial charge in [-0.25, -0.2) is 0 Å². The van der Waals surface area contributed by atoms with Crippen LogP contribution in [0, 0.1) is 12.8 Å². The molecule has 0 radical (unpaired) electrons. The number of anilines is 1. The fraction of sp³-hybridized carbons (Fsp3) is 0.455.